The summed E-state index contributed by atoms with van der Waals surface area (Å²) in [5, 5.41) is 15.0. The third-order valence-electron chi connectivity index (χ3n) is 7.04. The smallest absolute Gasteiger partial charge is 0.407 e. The molecule has 0 aromatic heterocycles. The number of hydrogen-bond donors (Lipinski definition) is 3. The van der Waals surface area contributed by atoms with E-state index in [1.54, 1.807) is 6.08 Å². The van der Waals surface area contributed by atoms with Crippen LogP contribution in [0, 0.1) is 0 Å². The fourth-order valence-electron chi connectivity index (χ4n) is 5.39. The van der Waals surface area contributed by atoms with Crippen LogP contribution in [0.25, 0.3) is 11.1 Å². The van der Waals surface area contributed by atoms with E-state index < -0.39 is 29.6 Å². The number of amides is 2. The van der Waals surface area contributed by atoms with Crippen LogP contribution in [0.15, 0.2) is 61.2 Å². The second-order valence-electron chi connectivity index (χ2n) is 9.45. The molecule has 2 amide bonds. The Labute approximate surface area is 205 Å². The first-order chi connectivity index (χ1) is 16.9. The summed E-state index contributed by atoms with van der Waals surface area (Å²) in [5.41, 5.74) is 3.70. The molecule has 2 aliphatic rings. The van der Waals surface area contributed by atoms with Crippen LogP contribution >= 0.6 is 0 Å². The van der Waals surface area contributed by atoms with Crippen LogP contribution in [-0.4, -0.2) is 41.3 Å². The molecular weight excluding hydrogens is 444 g/mol. The summed E-state index contributed by atoms with van der Waals surface area (Å²) in [6, 6.07) is 15.3. The van der Waals surface area contributed by atoms with Crippen molar-refractivity contribution in [1.29, 1.82) is 0 Å². The summed E-state index contributed by atoms with van der Waals surface area (Å²) in [7, 11) is 0. The maximum Gasteiger partial charge on any atom is 0.407 e. The van der Waals surface area contributed by atoms with Crippen molar-refractivity contribution in [3.8, 4) is 11.1 Å². The van der Waals surface area contributed by atoms with Crippen LogP contribution in [-0.2, 0) is 14.3 Å². The van der Waals surface area contributed by atoms with E-state index in [9.17, 15) is 19.5 Å². The Hall–Kier alpha value is -3.61. The number of benzene rings is 2. The standard InChI is InChI=1S/C28H32N2O5/c1-2-10-24(26(33)30-28(17-25(31)32)15-8-3-9-16-28)29-27(34)35-18-23-21-13-6-4-11-19(21)20-12-5-7-14-22(20)23/h2,4-7,11-14,23-24H,1,3,8-10,15-18H2,(H,29,34)(H,30,33)(H,31,32). The van der Waals surface area contributed by atoms with Crippen molar-refractivity contribution in [2.45, 2.75) is 62.4 Å². The molecule has 0 bridgehead atoms. The number of hydrogen-bond acceptors (Lipinski definition) is 4. The molecule has 0 aliphatic heterocycles. The normalized spacial score (nSPS) is 16.9. The van der Waals surface area contributed by atoms with E-state index in [4.69, 9.17) is 4.74 Å². The third-order valence-corrected chi connectivity index (χ3v) is 7.04. The molecule has 0 radical (unpaired) electrons. The van der Waals surface area contributed by atoms with Crippen molar-refractivity contribution in [2.24, 2.45) is 0 Å². The highest BCUT2D eigenvalue weighted by atomic mass is 16.5. The lowest BCUT2D eigenvalue weighted by Crippen LogP contribution is -2.57. The predicted octanol–water partition coefficient (Wildman–Crippen LogP) is 4.76. The topological polar surface area (TPSA) is 105 Å². The van der Waals surface area contributed by atoms with Gasteiger partial charge in [-0.1, -0.05) is 73.9 Å². The van der Waals surface area contributed by atoms with Crippen molar-refractivity contribution >= 4 is 18.0 Å². The first-order valence-electron chi connectivity index (χ1n) is 12.2. The molecule has 0 spiro atoms. The average Bonchev–Trinajstić information content (AvgIpc) is 3.16. The van der Waals surface area contributed by atoms with Gasteiger partial charge in [0.2, 0.25) is 5.91 Å². The Balaban J connectivity index is 1.41. The van der Waals surface area contributed by atoms with E-state index in [2.05, 4.69) is 29.3 Å². The van der Waals surface area contributed by atoms with Gasteiger partial charge in [0.25, 0.3) is 0 Å². The van der Waals surface area contributed by atoms with E-state index >= 15 is 0 Å². The number of alkyl carbamates (subject to hydrolysis) is 1. The van der Waals surface area contributed by atoms with Crippen molar-refractivity contribution in [1.82, 2.24) is 10.6 Å². The molecule has 184 valence electrons. The molecule has 2 aliphatic carbocycles. The van der Waals surface area contributed by atoms with E-state index in [1.807, 2.05) is 36.4 Å². The van der Waals surface area contributed by atoms with Crippen LogP contribution in [0.5, 0.6) is 0 Å². The fourth-order valence-corrected chi connectivity index (χ4v) is 5.39. The molecule has 1 fully saturated rings. The molecular formula is C28H32N2O5. The first kappa shape index (κ1) is 24.5. The van der Waals surface area contributed by atoms with Crippen molar-refractivity contribution < 1.29 is 24.2 Å². The highest BCUT2D eigenvalue weighted by Crippen LogP contribution is 2.44. The van der Waals surface area contributed by atoms with Gasteiger partial charge in [0.1, 0.15) is 12.6 Å². The Morgan fingerprint density at radius 1 is 1.03 bits per heavy atom. The highest BCUT2D eigenvalue weighted by Gasteiger charge is 2.37. The Bertz CT molecular complexity index is 1060. The minimum Gasteiger partial charge on any atom is -0.481 e. The molecule has 35 heavy (non-hydrogen) atoms. The second kappa shape index (κ2) is 10.8. The summed E-state index contributed by atoms with van der Waals surface area (Å²) in [6.45, 7) is 3.84. The van der Waals surface area contributed by atoms with Crippen molar-refractivity contribution in [3.63, 3.8) is 0 Å². The van der Waals surface area contributed by atoms with Gasteiger partial charge >= 0.3 is 12.1 Å². The number of nitrogens with one attached hydrogen (secondary N) is 2. The average molecular weight is 477 g/mol. The van der Waals surface area contributed by atoms with E-state index in [1.165, 1.54) is 0 Å². The Kier molecular flexibility index (Phi) is 7.54. The molecule has 0 saturated heterocycles. The molecule has 4 rings (SSSR count). The highest BCUT2D eigenvalue weighted by molar-refractivity contribution is 5.87. The molecule has 1 unspecified atom stereocenters. The van der Waals surface area contributed by atoms with E-state index in [0.717, 1.165) is 41.5 Å². The van der Waals surface area contributed by atoms with Crippen LogP contribution in [0.3, 0.4) is 0 Å². The molecule has 1 saturated carbocycles. The molecule has 3 N–H and O–H groups in total. The van der Waals surface area contributed by atoms with Gasteiger partial charge in [-0.15, -0.1) is 6.58 Å². The monoisotopic (exact) mass is 476 g/mol. The van der Waals surface area contributed by atoms with Gasteiger partial charge in [-0.2, -0.15) is 0 Å². The number of ether oxygens (including phenoxy) is 1. The maximum absolute atomic E-state index is 13.1. The quantitative estimate of drug-likeness (QED) is 0.453. The van der Waals surface area contributed by atoms with Gasteiger partial charge in [-0.3, -0.25) is 9.59 Å². The number of fused-ring (bicyclic) bond motifs is 3. The minimum atomic E-state index is -0.947. The van der Waals surface area contributed by atoms with E-state index in [0.29, 0.717) is 12.8 Å². The van der Waals surface area contributed by atoms with Gasteiger partial charge in [0.15, 0.2) is 0 Å². The summed E-state index contributed by atoms with van der Waals surface area (Å²) in [6.07, 6.45) is 4.89. The lowest BCUT2D eigenvalue weighted by molar-refractivity contribution is -0.139. The van der Waals surface area contributed by atoms with E-state index in [-0.39, 0.29) is 25.4 Å². The number of carbonyl (C=O) groups is 3. The maximum atomic E-state index is 13.1. The second-order valence-corrected chi connectivity index (χ2v) is 9.45. The lowest BCUT2D eigenvalue weighted by atomic mass is 9.79. The van der Waals surface area contributed by atoms with Crippen LogP contribution < -0.4 is 10.6 Å². The van der Waals surface area contributed by atoms with Crippen LogP contribution in [0.4, 0.5) is 4.79 Å². The van der Waals surface area contributed by atoms with Gasteiger partial charge < -0.3 is 20.5 Å². The molecule has 7 nitrogen and oxygen atoms in total. The number of carboxylic acids is 1. The SMILES string of the molecule is C=CCC(NC(=O)OCC1c2ccccc2-c2ccccc21)C(=O)NC1(CC(=O)O)CCCCC1. The summed E-state index contributed by atoms with van der Waals surface area (Å²) >= 11 is 0. The first-order valence-corrected chi connectivity index (χ1v) is 12.2. The number of carboxylic acid groups (broad SMARTS) is 1. The molecule has 2 aromatic rings. The molecule has 7 heteroatoms. The van der Waals surface area contributed by atoms with Gasteiger partial charge in [0.05, 0.1) is 12.0 Å². The number of aliphatic carboxylic acids is 1. The molecule has 0 heterocycles. The predicted molar refractivity (Wildman–Crippen MR) is 133 cm³/mol. The number of carbonyl (C=O) groups excluding carboxylic acids is 2. The van der Waals surface area contributed by atoms with Crippen LogP contribution in [0.1, 0.15) is 62.0 Å². The van der Waals surface area contributed by atoms with Crippen LogP contribution in [0.2, 0.25) is 0 Å². The van der Waals surface area contributed by atoms with Crippen molar-refractivity contribution in [2.75, 3.05) is 6.61 Å². The van der Waals surface area contributed by atoms with Gasteiger partial charge in [-0.25, -0.2) is 4.79 Å². The fraction of sp³-hybridized carbons (Fsp3) is 0.393. The Morgan fingerprint density at radius 3 is 2.20 bits per heavy atom. The molecule has 1 atom stereocenters. The van der Waals surface area contributed by atoms with Crippen molar-refractivity contribution in [3.05, 3.63) is 72.3 Å². The zero-order chi connectivity index (χ0) is 24.8. The zero-order valence-corrected chi connectivity index (χ0v) is 19.8. The lowest BCUT2D eigenvalue weighted by Gasteiger charge is -2.38. The molecule has 2 aromatic carbocycles. The summed E-state index contributed by atoms with van der Waals surface area (Å²) in [4.78, 5) is 37.3. The minimum absolute atomic E-state index is 0.0825. The summed E-state index contributed by atoms with van der Waals surface area (Å²) in [5.74, 6) is -1.44. The third kappa shape index (κ3) is 5.56. The Morgan fingerprint density at radius 2 is 1.63 bits per heavy atom. The van der Waals surface area contributed by atoms with Gasteiger partial charge in [-0.05, 0) is 41.5 Å². The largest absolute Gasteiger partial charge is 0.481 e. The summed E-state index contributed by atoms with van der Waals surface area (Å²) < 4.78 is 5.59. The van der Waals surface area contributed by atoms with Gasteiger partial charge in [0, 0.05) is 5.92 Å². The zero-order valence-electron chi connectivity index (χ0n) is 19.8. The number of rotatable bonds is 9.